The maximum absolute atomic E-state index is 10.1. The van der Waals surface area contributed by atoms with Crippen molar-refractivity contribution in [3.8, 4) is 0 Å². The minimum atomic E-state index is -0.808. The summed E-state index contributed by atoms with van der Waals surface area (Å²) in [6, 6.07) is 10.1. The zero-order valence-electron chi connectivity index (χ0n) is 8.51. The molecule has 4 heteroatoms. The summed E-state index contributed by atoms with van der Waals surface area (Å²) in [4.78, 5) is 1.88. The van der Waals surface area contributed by atoms with Crippen LogP contribution in [0.25, 0.3) is 0 Å². The minimum Gasteiger partial charge on any atom is -0.370 e. The van der Waals surface area contributed by atoms with Crippen LogP contribution in [0.3, 0.4) is 0 Å². The molecule has 1 aromatic rings. The number of thiocarbonyl (C=S) groups is 1. The van der Waals surface area contributed by atoms with Crippen LogP contribution in [0, 0.1) is 0 Å². The smallest absolute Gasteiger partial charge is 0.145 e. The molecular formula is C11H13NOS2. The van der Waals surface area contributed by atoms with E-state index in [0.29, 0.717) is 12.3 Å². The zero-order chi connectivity index (χ0) is 10.9. The predicted octanol–water partition coefficient (Wildman–Crippen LogP) is 2.23. The van der Waals surface area contributed by atoms with Crippen LogP contribution in [0.1, 0.15) is 12.5 Å². The summed E-state index contributed by atoms with van der Waals surface area (Å²) in [5, 5.41) is 10.1. The van der Waals surface area contributed by atoms with Crippen molar-refractivity contribution >= 4 is 28.3 Å². The standard InChI is InChI=1S/C11H13NOS2/c1-11(13)8-15-10(14)12(11)7-9-5-3-2-4-6-9/h2-6,13H,7-8H2,1H3. The fourth-order valence-corrected chi connectivity index (χ4v) is 2.96. The van der Waals surface area contributed by atoms with Gasteiger partial charge in [-0.3, -0.25) is 0 Å². The number of benzene rings is 1. The molecule has 0 bridgehead atoms. The van der Waals surface area contributed by atoms with Gasteiger partial charge in [0.15, 0.2) is 0 Å². The third-order valence-electron chi connectivity index (χ3n) is 2.45. The second kappa shape index (κ2) is 4.12. The Balaban J connectivity index is 2.15. The fourth-order valence-electron chi connectivity index (χ4n) is 1.55. The Hall–Kier alpha value is -0.580. The third kappa shape index (κ3) is 2.33. The first-order chi connectivity index (χ1) is 7.09. The number of hydrogen-bond donors (Lipinski definition) is 1. The molecule has 0 amide bonds. The Labute approximate surface area is 99.3 Å². The molecule has 0 aromatic heterocycles. The van der Waals surface area contributed by atoms with E-state index in [-0.39, 0.29) is 0 Å². The Kier molecular flexibility index (Phi) is 3.00. The predicted molar refractivity (Wildman–Crippen MR) is 67.7 cm³/mol. The summed E-state index contributed by atoms with van der Waals surface area (Å²) in [5.41, 5.74) is 0.361. The Morgan fingerprint density at radius 2 is 2.13 bits per heavy atom. The highest BCUT2D eigenvalue weighted by Gasteiger charge is 2.37. The van der Waals surface area contributed by atoms with E-state index in [9.17, 15) is 5.11 Å². The Morgan fingerprint density at radius 1 is 1.47 bits per heavy atom. The topological polar surface area (TPSA) is 23.5 Å². The van der Waals surface area contributed by atoms with E-state index in [1.165, 1.54) is 17.3 Å². The molecule has 15 heavy (non-hydrogen) atoms. The van der Waals surface area contributed by atoms with Crippen LogP contribution in [-0.2, 0) is 6.54 Å². The fraction of sp³-hybridized carbons (Fsp3) is 0.364. The minimum absolute atomic E-state index is 0.651. The van der Waals surface area contributed by atoms with Crippen molar-refractivity contribution in [1.82, 2.24) is 4.90 Å². The highest BCUT2D eigenvalue weighted by atomic mass is 32.2. The van der Waals surface area contributed by atoms with Crippen molar-refractivity contribution in [3.05, 3.63) is 35.9 Å². The van der Waals surface area contributed by atoms with Crippen LogP contribution in [-0.4, -0.2) is 25.8 Å². The second-order valence-corrected chi connectivity index (χ2v) is 5.45. The van der Waals surface area contributed by atoms with Crippen LogP contribution in [0.5, 0.6) is 0 Å². The van der Waals surface area contributed by atoms with E-state index in [1.54, 1.807) is 0 Å². The molecule has 80 valence electrons. The van der Waals surface area contributed by atoms with Gasteiger partial charge < -0.3 is 10.0 Å². The van der Waals surface area contributed by atoms with E-state index in [0.717, 1.165) is 4.32 Å². The normalized spacial score (nSPS) is 26.0. The molecule has 1 saturated heterocycles. The van der Waals surface area contributed by atoms with Gasteiger partial charge in [0.2, 0.25) is 0 Å². The summed E-state index contributed by atoms with van der Waals surface area (Å²) < 4.78 is 0.781. The average molecular weight is 239 g/mol. The number of hydrogen-bond acceptors (Lipinski definition) is 3. The molecule has 0 aliphatic carbocycles. The molecule has 1 heterocycles. The van der Waals surface area contributed by atoms with Crippen LogP contribution < -0.4 is 0 Å². The Bertz CT molecular complexity index is 364. The third-order valence-corrected chi connectivity index (χ3v) is 4.19. The zero-order valence-corrected chi connectivity index (χ0v) is 10.1. The maximum Gasteiger partial charge on any atom is 0.145 e. The molecule has 2 nitrogen and oxygen atoms in total. The maximum atomic E-state index is 10.1. The SMILES string of the molecule is CC1(O)CSC(=S)N1Cc1ccccc1. The summed E-state index contributed by atoms with van der Waals surface area (Å²) in [7, 11) is 0. The first kappa shape index (κ1) is 10.9. The van der Waals surface area contributed by atoms with Gasteiger partial charge in [0.25, 0.3) is 0 Å². The molecular weight excluding hydrogens is 226 g/mol. The van der Waals surface area contributed by atoms with Crippen LogP contribution in [0.2, 0.25) is 0 Å². The molecule has 0 radical (unpaired) electrons. The number of thioether (sulfide) groups is 1. The molecule has 0 saturated carbocycles. The summed E-state index contributed by atoms with van der Waals surface area (Å²) in [6.45, 7) is 2.49. The van der Waals surface area contributed by atoms with Crippen LogP contribution >= 0.6 is 24.0 Å². The lowest BCUT2D eigenvalue weighted by atomic mass is 10.2. The van der Waals surface area contributed by atoms with E-state index in [1.807, 2.05) is 42.2 Å². The van der Waals surface area contributed by atoms with Gasteiger partial charge >= 0.3 is 0 Å². The van der Waals surface area contributed by atoms with Crippen molar-refractivity contribution < 1.29 is 5.11 Å². The molecule has 0 spiro atoms. The van der Waals surface area contributed by atoms with Crippen molar-refractivity contribution in [1.29, 1.82) is 0 Å². The van der Waals surface area contributed by atoms with Crippen molar-refractivity contribution in [2.75, 3.05) is 5.75 Å². The summed E-state index contributed by atoms with van der Waals surface area (Å²) >= 11 is 6.76. The monoisotopic (exact) mass is 239 g/mol. The lowest BCUT2D eigenvalue weighted by Gasteiger charge is -2.30. The molecule has 1 aromatic carbocycles. The Morgan fingerprint density at radius 3 is 2.67 bits per heavy atom. The van der Waals surface area contributed by atoms with Gasteiger partial charge in [0, 0.05) is 12.3 Å². The summed E-state index contributed by atoms with van der Waals surface area (Å²) in [5.74, 6) is 0.651. The number of rotatable bonds is 2. The van der Waals surface area contributed by atoms with Gasteiger partial charge in [0.1, 0.15) is 10.0 Å². The summed E-state index contributed by atoms with van der Waals surface area (Å²) in [6.07, 6.45) is 0. The van der Waals surface area contributed by atoms with Gasteiger partial charge in [-0.2, -0.15) is 0 Å². The molecule has 1 N–H and O–H groups in total. The van der Waals surface area contributed by atoms with E-state index in [4.69, 9.17) is 12.2 Å². The van der Waals surface area contributed by atoms with E-state index >= 15 is 0 Å². The lowest BCUT2D eigenvalue weighted by Crippen LogP contribution is -2.43. The first-order valence-corrected chi connectivity index (χ1v) is 6.20. The van der Waals surface area contributed by atoms with Crippen molar-refractivity contribution in [2.45, 2.75) is 19.2 Å². The highest BCUT2D eigenvalue weighted by molar-refractivity contribution is 8.23. The molecule has 2 rings (SSSR count). The first-order valence-electron chi connectivity index (χ1n) is 4.80. The quantitative estimate of drug-likeness (QED) is 0.800. The highest BCUT2D eigenvalue weighted by Crippen LogP contribution is 2.32. The van der Waals surface area contributed by atoms with Crippen LogP contribution in [0.4, 0.5) is 0 Å². The van der Waals surface area contributed by atoms with Crippen LogP contribution in [0.15, 0.2) is 30.3 Å². The molecule has 1 atom stereocenters. The largest absolute Gasteiger partial charge is 0.370 e. The van der Waals surface area contributed by atoms with Gasteiger partial charge in [-0.05, 0) is 12.5 Å². The average Bonchev–Trinajstić information content (AvgIpc) is 2.47. The molecule has 1 unspecified atom stereocenters. The van der Waals surface area contributed by atoms with Crippen molar-refractivity contribution in [2.24, 2.45) is 0 Å². The van der Waals surface area contributed by atoms with E-state index < -0.39 is 5.72 Å². The molecule has 1 aliphatic rings. The molecule has 1 fully saturated rings. The van der Waals surface area contributed by atoms with Crippen molar-refractivity contribution in [3.63, 3.8) is 0 Å². The number of nitrogens with zero attached hydrogens (tertiary/aromatic N) is 1. The van der Waals surface area contributed by atoms with Gasteiger partial charge in [-0.15, -0.1) is 0 Å². The number of aliphatic hydroxyl groups is 1. The van der Waals surface area contributed by atoms with Gasteiger partial charge in [0.05, 0.1) is 0 Å². The van der Waals surface area contributed by atoms with Gasteiger partial charge in [-0.1, -0.05) is 54.3 Å². The van der Waals surface area contributed by atoms with Gasteiger partial charge in [-0.25, -0.2) is 0 Å². The molecule has 1 aliphatic heterocycles. The lowest BCUT2D eigenvalue weighted by molar-refractivity contribution is -0.0271. The second-order valence-electron chi connectivity index (χ2n) is 3.84. The van der Waals surface area contributed by atoms with E-state index in [2.05, 4.69) is 0 Å².